The van der Waals surface area contributed by atoms with Crippen molar-refractivity contribution in [2.45, 2.75) is 53.1 Å². The number of hydrogen-bond donors (Lipinski definition) is 1. The number of carbonyl (C=O) groups excluding carboxylic acids is 1. The van der Waals surface area contributed by atoms with Gasteiger partial charge in [0.15, 0.2) is 5.65 Å². The second kappa shape index (κ2) is 7.72. The number of aryl methyl sites for hydroxylation is 2. The highest BCUT2D eigenvalue weighted by Crippen LogP contribution is 2.39. The number of amides is 1. The number of carbonyl (C=O) groups is 1. The van der Waals surface area contributed by atoms with Crippen molar-refractivity contribution in [3.05, 3.63) is 53.9 Å². The monoisotopic (exact) mass is 441 g/mol. The number of hydrogen-bond acceptors (Lipinski definition) is 6. The van der Waals surface area contributed by atoms with Gasteiger partial charge in [-0.05, 0) is 50.8 Å². The van der Waals surface area contributed by atoms with Gasteiger partial charge in [0.1, 0.15) is 29.2 Å². The van der Waals surface area contributed by atoms with Gasteiger partial charge in [-0.1, -0.05) is 19.9 Å². The van der Waals surface area contributed by atoms with Gasteiger partial charge in [-0.15, -0.1) is 0 Å². The van der Waals surface area contributed by atoms with E-state index < -0.39 is 5.54 Å². The molecule has 0 fully saturated rings. The van der Waals surface area contributed by atoms with Gasteiger partial charge in [0.2, 0.25) is 0 Å². The maximum Gasteiger partial charge on any atom is 0.252 e. The summed E-state index contributed by atoms with van der Waals surface area (Å²) in [6, 6.07) is 5.92. The second-order valence-electron chi connectivity index (χ2n) is 9.24. The summed E-state index contributed by atoms with van der Waals surface area (Å²) in [5, 5.41) is 3.19. The predicted molar refractivity (Wildman–Crippen MR) is 126 cm³/mol. The lowest BCUT2D eigenvalue weighted by molar-refractivity contribution is 0.0927. The Bertz CT molecular complexity index is 1370. The van der Waals surface area contributed by atoms with Crippen LogP contribution < -0.4 is 5.32 Å². The maximum absolute atomic E-state index is 12.6. The minimum Gasteiger partial charge on any atom is -0.343 e. The molecule has 0 bridgehead atoms. The molecule has 1 aliphatic rings. The lowest BCUT2D eigenvalue weighted by Crippen LogP contribution is -2.37. The molecule has 168 valence electrons. The summed E-state index contributed by atoms with van der Waals surface area (Å²) in [7, 11) is 0. The highest BCUT2D eigenvalue weighted by molar-refractivity contribution is 6.01. The minimum absolute atomic E-state index is 0.0237. The van der Waals surface area contributed by atoms with Gasteiger partial charge < -0.3 is 9.88 Å². The van der Waals surface area contributed by atoms with Crippen LogP contribution in [0.15, 0.2) is 36.9 Å². The van der Waals surface area contributed by atoms with Crippen LogP contribution in [0.5, 0.6) is 0 Å². The first-order valence-corrected chi connectivity index (χ1v) is 11.3. The summed E-state index contributed by atoms with van der Waals surface area (Å²) in [6.07, 6.45) is 6.00. The number of fused-ring (bicyclic) bond motifs is 2. The molecule has 0 radical (unpaired) electrons. The molecule has 8 nitrogen and oxygen atoms in total. The van der Waals surface area contributed by atoms with E-state index in [2.05, 4.69) is 63.6 Å². The Balaban J connectivity index is 1.68. The topological polar surface area (TPSA) is 98.5 Å². The van der Waals surface area contributed by atoms with E-state index >= 15 is 0 Å². The Kier molecular flexibility index (Phi) is 4.96. The summed E-state index contributed by atoms with van der Waals surface area (Å²) >= 11 is 0. The molecule has 0 saturated carbocycles. The van der Waals surface area contributed by atoms with E-state index in [1.807, 2.05) is 19.1 Å². The van der Waals surface area contributed by atoms with E-state index in [1.54, 1.807) is 18.7 Å². The van der Waals surface area contributed by atoms with E-state index in [4.69, 9.17) is 4.98 Å². The zero-order chi connectivity index (χ0) is 23.3. The van der Waals surface area contributed by atoms with Crippen molar-refractivity contribution < 1.29 is 4.79 Å². The lowest BCUT2D eigenvalue weighted by atomic mass is 9.84. The van der Waals surface area contributed by atoms with E-state index in [0.717, 1.165) is 51.4 Å². The Labute approximate surface area is 192 Å². The van der Waals surface area contributed by atoms with Crippen LogP contribution in [0.2, 0.25) is 0 Å². The molecule has 4 aromatic rings. The number of imidazole rings is 1. The predicted octanol–water partition coefficient (Wildman–Crippen LogP) is 4.28. The molecule has 1 amide bonds. The first-order chi connectivity index (χ1) is 15.8. The number of nitrogens with one attached hydrogen (secondary N) is 1. The van der Waals surface area contributed by atoms with Gasteiger partial charge in [0, 0.05) is 30.1 Å². The third-order valence-corrected chi connectivity index (χ3v) is 6.23. The van der Waals surface area contributed by atoms with Crippen LogP contribution in [0.4, 0.5) is 0 Å². The van der Waals surface area contributed by atoms with Crippen LogP contribution in [0.25, 0.3) is 33.8 Å². The molecule has 0 unspecified atom stereocenters. The molecule has 0 aliphatic carbocycles. The van der Waals surface area contributed by atoms with Gasteiger partial charge >= 0.3 is 0 Å². The van der Waals surface area contributed by atoms with Crippen LogP contribution in [-0.2, 0) is 12.1 Å². The van der Waals surface area contributed by atoms with E-state index in [0.29, 0.717) is 18.3 Å². The number of benzene rings is 1. The molecule has 3 aromatic heterocycles. The molecular formula is C25H27N7O. The van der Waals surface area contributed by atoms with Gasteiger partial charge in [0.25, 0.3) is 5.91 Å². The minimum atomic E-state index is -0.407. The van der Waals surface area contributed by atoms with Crippen molar-refractivity contribution >= 4 is 17.1 Å². The van der Waals surface area contributed by atoms with Crippen molar-refractivity contribution in [2.24, 2.45) is 5.92 Å². The summed E-state index contributed by atoms with van der Waals surface area (Å²) < 4.78 is 2.05. The van der Waals surface area contributed by atoms with Crippen molar-refractivity contribution in [2.75, 3.05) is 0 Å². The Morgan fingerprint density at radius 3 is 2.55 bits per heavy atom. The van der Waals surface area contributed by atoms with Crippen LogP contribution >= 0.6 is 0 Å². The average Bonchev–Trinajstić information content (AvgIpc) is 3.28. The van der Waals surface area contributed by atoms with E-state index in [-0.39, 0.29) is 5.91 Å². The fourth-order valence-corrected chi connectivity index (χ4v) is 4.88. The molecule has 1 atom stereocenters. The fraction of sp³-hybridized carbons (Fsp3) is 0.360. The van der Waals surface area contributed by atoms with Gasteiger partial charge in [0.05, 0.1) is 11.1 Å². The largest absolute Gasteiger partial charge is 0.343 e. The van der Waals surface area contributed by atoms with E-state index in [9.17, 15) is 4.79 Å². The highest BCUT2D eigenvalue weighted by Gasteiger charge is 2.39. The highest BCUT2D eigenvalue weighted by atomic mass is 16.2. The van der Waals surface area contributed by atoms with Crippen LogP contribution in [0, 0.1) is 12.8 Å². The molecule has 4 heterocycles. The van der Waals surface area contributed by atoms with Gasteiger partial charge in [-0.3, -0.25) is 4.79 Å². The number of aromatic nitrogens is 6. The Morgan fingerprint density at radius 1 is 1.09 bits per heavy atom. The summed E-state index contributed by atoms with van der Waals surface area (Å²) in [5.41, 5.74) is 5.30. The molecule has 1 aliphatic heterocycles. The fourth-order valence-electron chi connectivity index (χ4n) is 4.88. The van der Waals surface area contributed by atoms with E-state index in [1.165, 1.54) is 0 Å². The SMILES string of the molecule is CCn1c(-c2cnc(C)nc2)nc2c(-c3ccc4c(c3)[C@](C)(CC(C)C)NC4=O)ncnc21. The molecule has 5 rings (SSSR count). The summed E-state index contributed by atoms with van der Waals surface area (Å²) in [5.74, 6) is 1.89. The van der Waals surface area contributed by atoms with Crippen molar-refractivity contribution in [3.8, 4) is 22.6 Å². The molecule has 1 N–H and O–H groups in total. The van der Waals surface area contributed by atoms with Gasteiger partial charge in [-0.25, -0.2) is 24.9 Å². The van der Waals surface area contributed by atoms with Crippen molar-refractivity contribution in [3.63, 3.8) is 0 Å². The normalized spacial score (nSPS) is 17.6. The average molecular weight is 442 g/mol. The molecule has 0 spiro atoms. The molecule has 8 heteroatoms. The number of nitrogens with zero attached hydrogens (tertiary/aromatic N) is 6. The summed E-state index contributed by atoms with van der Waals surface area (Å²) in [6.45, 7) is 11.0. The quantitative estimate of drug-likeness (QED) is 0.496. The maximum atomic E-state index is 12.6. The smallest absolute Gasteiger partial charge is 0.252 e. The lowest BCUT2D eigenvalue weighted by Gasteiger charge is -2.28. The third kappa shape index (κ3) is 3.46. The van der Waals surface area contributed by atoms with Crippen molar-refractivity contribution in [1.29, 1.82) is 0 Å². The zero-order valence-electron chi connectivity index (χ0n) is 19.5. The molecule has 1 aromatic carbocycles. The van der Waals surface area contributed by atoms with Crippen molar-refractivity contribution in [1.82, 2.24) is 34.8 Å². The van der Waals surface area contributed by atoms with Crippen LogP contribution in [0.1, 0.15) is 55.9 Å². The van der Waals surface area contributed by atoms with Crippen LogP contribution in [0.3, 0.4) is 0 Å². The molecule has 0 saturated heterocycles. The molecule has 33 heavy (non-hydrogen) atoms. The third-order valence-electron chi connectivity index (χ3n) is 6.23. The van der Waals surface area contributed by atoms with Gasteiger partial charge in [-0.2, -0.15) is 0 Å². The van der Waals surface area contributed by atoms with Crippen LogP contribution in [-0.4, -0.2) is 35.4 Å². The second-order valence-corrected chi connectivity index (χ2v) is 9.24. The molecular weight excluding hydrogens is 414 g/mol. The Morgan fingerprint density at radius 2 is 1.85 bits per heavy atom. The number of rotatable bonds is 5. The summed E-state index contributed by atoms with van der Waals surface area (Å²) in [4.78, 5) is 35.4. The Hall–Kier alpha value is -3.68. The zero-order valence-corrected chi connectivity index (χ0v) is 19.5. The first-order valence-electron chi connectivity index (χ1n) is 11.3. The standard InChI is InChI=1S/C25H27N7O/c1-6-32-22(17-11-26-15(4)27-12-17)30-21-20(28-13-29-23(21)32)16-7-8-18-19(9-16)25(5,10-14(2)3)31-24(18)33/h7-9,11-14H,6,10H2,1-5H3,(H,31,33)/t25-/m0/s1. The first kappa shape index (κ1) is 21.2.